The number of nitrogens with zero attached hydrogens (tertiary/aromatic N) is 2. The third-order valence-corrected chi connectivity index (χ3v) is 9.69. The van der Waals surface area contributed by atoms with Crippen LogP contribution in [0.2, 0.25) is 0 Å². The van der Waals surface area contributed by atoms with Crippen LogP contribution in [-0.2, 0) is 26.2 Å². The highest BCUT2D eigenvalue weighted by atomic mass is 79.9. The van der Waals surface area contributed by atoms with Gasteiger partial charge < -0.3 is 15.0 Å². The predicted molar refractivity (Wildman–Crippen MR) is 168 cm³/mol. The third kappa shape index (κ3) is 8.13. The summed E-state index contributed by atoms with van der Waals surface area (Å²) in [5.41, 5.74) is 1.16. The molecule has 1 saturated carbocycles. The Morgan fingerprint density at radius 3 is 2.31 bits per heavy atom. The van der Waals surface area contributed by atoms with E-state index in [1.165, 1.54) is 17.0 Å². The van der Waals surface area contributed by atoms with Crippen LogP contribution in [0.3, 0.4) is 0 Å². The van der Waals surface area contributed by atoms with Crippen molar-refractivity contribution in [2.24, 2.45) is 0 Å². The SMILES string of the molecule is CCOc1ccc(S(=O)(=O)N(CC(=O)N(Cc2cccc(Br)c2)C(C)C(=O)NC2CCCCC2)c2ccccc2)cc1. The summed E-state index contributed by atoms with van der Waals surface area (Å²) in [7, 11) is -4.14. The van der Waals surface area contributed by atoms with Crippen molar-refractivity contribution >= 4 is 43.5 Å². The summed E-state index contributed by atoms with van der Waals surface area (Å²) >= 11 is 3.48. The molecule has 0 heterocycles. The molecule has 1 aliphatic carbocycles. The van der Waals surface area contributed by atoms with E-state index in [0.29, 0.717) is 18.0 Å². The van der Waals surface area contributed by atoms with Crippen LogP contribution in [0.1, 0.15) is 51.5 Å². The molecule has 42 heavy (non-hydrogen) atoms. The first kappa shape index (κ1) is 31.6. The minimum atomic E-state index is -4.14. The van der Waals surface area contributed by atoms with E-state index in [-0.39, 0.29) is 23.4 Å². The second-order valence-corrected chi connectivity index (χ2v) is 13.2. The van der Waals surface area contributed by atoms with E-state index in [0.717, 1.165) is 46.4 Å². The van der Waals surface area contributed by atoms with Crippen molar-refractivity contribution in [2.45, 2.75) is 69.5 Å². The molecular weight excluding hydrogens is 618 g/mol. The lowest BCUT2D eigenvalue weighted by molar-refractivity contribution is -0.139. The number of hydrogen-bond acceptors (Lipinski definition) is 5. The van der Waals surface area contributed by atoms with Crippen molar-refractivity contribution in [3.05, 3.63) is 88.9 Å². The number of sulfonamides is 1. The van der Waals surface area contributed by atoms with Crippen LogP contribution in [0.5, 0.6) is 5.75 Å². The van der Waals surface area contributed by atoms with Crippen LogP contribution in [-0.4, -0.2) is 50.4 Å². The van der Waals surface area contributed by atoms with Gasteiger partial charge in [-0.2, -0.15) is 0 Å². The Bertz CT molecular complexity index is 1440. The summed E-state index contributed by atoms with van der Waals surface area (Å²) in [5.74, 6) is -0.178. The Morgan fingerprint density at radius 1 is 0.976 bits per heavy atom. The summed E-state index contributed by atoms with van der Waals surface area (Å²) in [5, 5.41) is 3.12. The maximum Gasteiger partial charge on any atom is 0.264 e. The molecule has 3 aromatic carbocycles. The molecule has 0 aromatic heterocycles. The normalized spacial score (nSPS) is 14.5. The van der Waals surface area contributed by atoms with Gasteiger partial charge in [0.05, 0.1) is 17.2 Å². The zero-order valence-corrected chi connectivity index (χ0v) is 26.4. The largest absolute Gasteiger partial charge is 0.494 e. The monoisotopic (exact) mass is 655 g/mol. The first-order chi connectivity index (χ1) is 20.2. The summed E-state index contributed by atoms with van der Waals surface area (Å²) in [6.07, 6.45) is 5.12. The quantitative estimate of drug-likeness (QED) is 0.262. The number of nitrogens with one attached hydrogen (secondary N) is 1. The summed E-state index contributed by atoms with van der Waals surface area (Å²) in [6, 6.07) is 21.4. The Morgan fingerprint density at radius 2 is 1.67 bits per heavy atom. The molecule has 2 amide bonds. The Kier molecular flexibility index (Phi) is 11.0. The van der Waals surface area contributed by atoms with Crippen molar-refractivity contribution in [1.29, 1.82) is 0 Å². The first-order valence-electron chi connectivity index (χ1n) is 14.3. The lowest BCUT2D eigenvalue weighted by Crippen LogP contribution is -2.53. The first-order valence-corrected chi connectivity index (χ1v) is 16.6. The molecule has 1 N–H and O–H groups in total. The molecule has 0 saturated heterocycles. The van der Waals surface area contributed by atoms with Crippen LogP contribution in [0.4, 0.5) is 5.69 Å². The number of hydrogen-bond donors (Lipinski definition) is 1. The lowest BCUT2D eigenvalue weighted by Gasteiger charge is -2.33. The number of ether oxygens (including phenoxy) is 1. The van der Waals surface area contributed by atoms with Gasteiger partial charge >= 0.3 is 0 Å². The summed E-state index contributed by atoms with van der Waals surface area (Å²) in [6.45, 7) is 3.67. The number of carbonyl (C=O) groups is 2. The average Bonchev–Trinajstić information content (AvgIpc) is 2.99. The molecule has 224 valence electrons. The Hall–Kier alpha value is -3.37. The highest BCUT2D eigenvalue weighted by molar-refractivity contribution is 9.10. The van der Waals surface area contributed by atoms with Gasteiger partial charge in [0.15, 0.2) is 0 Å². The van der Waals surface area contributed by atoms with E-state index in [1.54, 1.807) is 49.4 Å². The maximum atomic E-state index is 14.1. The van der Waals surface area contributed by atoms with Gasteiger partial charge in [-0.15, -0.1) is 0 Å². The van der Waals surface area contributed by atoms with Crippen molar-refractivity contribution in [1.82, 2.24) is 10.2 Å². The van der Waals surface area contributed by atoms with Gasteiger partial charge in [-0.3, -0.25) is 13.9 Å². The van der Waals surface area contributed by atoms with Gasteiger partial charge in [-0.25, -0.2) is 8.42 Å². The maximum absolute atomic E-state index is 14.1. The number of para-hydroxylation sites is 1. The van der Waals surface area contributed by atoms with Gasteiger partial charge in [0, 0.05) is 17.1 Å². The highest BCUT2D eigenvalue weighted by Gasteiger charge is 2.33. The van der Waals surface area contributed by atoms with Crippen LogP contribution in [0.25, 0.3) is 0 Å². The van der Waals surface area contributed by atoms with Crippen molar-refractivity contribution < 1.29 is 22.7 Å². The molecule has 3 aromatic rings. The molecule has 0 bridgehead atoms. The second kappa shape index (κ2) is 14.7. The molecule has 8 nitrogen and oxygen atoms in total. The van der Waals surface area contributed by atoms with E-state index < -0.39 is 28.5 Å². The predicted octanol–water partition coefficient (Wildman–Crippen LogP) is 5.91. The number of amides is 2. The van der Waals surface area contributed by atoms with E-state index in [1.807, 2.05) is 31.2 Å². The molecule has 10 heteroatoms. The Balaban J connectivity index is 1.65. The van der Waals surface area contributed by atoms with Gasteiger partial charge in [-0.05, 0) is 80.8 Å². The number of benzene rings is 3. The van der Waals surface area contributed by atoms with Crippen LogP contribution in [0.15, 0.2) is 88.2 Å². The van der Waals surface area contributed by atoms with Crippen LogP contribution in [0, 0.1) is 0 Å². The fraction of sp³-hybridized carbons (Fsp3) is 0.375. The van der Waals surface area contributed by atoms with Gasteiger partial charge in [0.2, 0.25) is 11.8 Å². The van der Waals surface area contributed by atoms with Gasteiger partial charge in [0.1, 0.15) is 18.3 Å². The summed E-state index contributed by atoms with van der Waals surface area (Å²) in [4.78, 5) is 29.0. The molecule has 0 spiro atoms. The minimum Gasteiger partial charge on any atom is -0.494 e. The molecule has 1 fully saturated rings. The summed E-state index contributed by atoms with van der Waals surface area (Å²) < 4.78 is 35.3. The van der Waals surface area contributed by atoms with Crippen molar-refractivity contribution in [3.8, 4) is 5.75 Å². The third-order valence-electron chi connectivity index (χ3n) is 7.41. The van der Waals surface area contributed by atoms with Gasteiger partial charge in [0.25, 0.3) is 10.0 Å². The van der Waals surface area contributed by atoms with E-state index in [9.17, 15) is 18.0 Å². The molecule has 1 unspecified atom stereocenters. The number of carbonyl (C=O) groups excluding carboxylic acids is 2. The van der Waals surface area contributed by atoms with Crippen molar-refractivity contribution in [2.75, 3.05) is 17.5 Å². The molecule has 1 aliphatic rings. The molecule has 1 atom stereocenters. The topological polar surface area (TPSA) is 96.0 Å². The standard InChI is InChI=1S/C32H38BrN3O5S/c1-3-41-29-17-19-30(20-18-29)42(39,40)36(28-15-8-5-9-16-28)23-31(37)35(22-25-11-10-12-26(33)21-25)24(2)32(38)34-27-13-6-4-7-14-27/h5,8-12,15-21,24,27H,3-4,6-7,13-14,22-23H2,1-2H3,(H,34,38). The number of halogens is 1. The van der Waals surface area contributed by atoms with E-state index in [4.69, 9.17) is 4.74 Å². The molecule has 4 rings (SSSR count). The van der Waals surface area contributed by atoms with Gasteiger partial charge in [-0.1, -0.05) is 65.5 Å². The second-order valence-electron chi connectivity index (χ2n) is 10.4. The molecule has 0 aliphatic heterocycles. The number of anilines is 1. The number of rotatable bonds is 12. The van der Waals surface area contributed by atoms with Crippen LogP contribution < -0.4 is 14.4 Å². The smallest absolute Gasteiger partial charge is 0.264 e. The molecule has 0 radical (unpaired) electrons. The van der Waals surface area contributed by atoms with Crippen molar-refractivity contribution in [3.63, 3.8) is 0 Å². The lowest BCUT2D eigenvalue weighted by atomic mass is 9.95. The average molecular weight is 657 g/mol. The zero-order chi connectivity index (χ0) is 30.1. The van der Waals surface area contributed by atoms with Crippen LogP contribution >= 0.6 is 15.9 Å². The fourth-order valence-electron chi connectivity index (χ4n) is 5.11. The van der Waals surface area contributed by atoms with E-state index >= 15 is 0 Å². The Labute approximate surface area is 257 Å². The highest BCUT2D eigenvalue weighted by Crippen LogP contribution is 2.26. The minimum absolute atomic E-state index is 0.0317. The fourth-order valence-corrected chi connectivity index (χ4v) is 6.97. The van der Waals surface area contributed by atoms with E-state index in [2.05, 4.69) is 21.2 Å². The molecular formula is C32H38BrN3O5S. The zero-order valence-electron chi connectivity index (χ0n) is 24.0.